The lowest BCUT2D eigenvalue weighted by Gasteiger charge is -2.12. The van der Waals surface area contributed by atoms with E-state index in [9.17, 15) is 14.4 Å². The maximum absolute atomic E-state index is 13.7. The third kappa shape index (κ3) is 7.45. The fraction of sp³-hybridized carbons (Fsp3) is 0.0465. The molecule has 1 aliphatic rings. The topological polar surface area (TPSA) is 75.3 Å². The van der Waals surface area contributed by atoms with Gasteiger partial charge < -0.3 is 10.6 Å². The molecule has 0 aromatic heterocycles. The van der Waals surface area contributed by atoms with Crippen LogP contribution >= 0.6 is 11.8 Å². The molecule has 0 saturated heterocycles. The molecule has 238 valence electrons. The first-order chi connectivity index (χ1) is 24.0. The summed E-state index contributed by atoms with van der Waals surface area (Å²) in [4.78, 5) is 40.8. The Balaban J connectivity index is 1.05. The first kappa shape index (κ1) is 31.6. The van der Waals surface area contributed by atoms with Gasteiger partial charge >= 0.3 is 0 Å². The van der Waals surface area contributed by atoms with Gasteiger partial charge in [0, 0.05) is 21.7 Å². The Kier molecular flexibility index (Phi) is 9.30. The molecule has 6 heteroatoms. The van der Waals surface area contributed by atoms with Gasteiger partial charge in [0.1, 0.15) is 5.70 Å². The van der Waals surface area contributed by atoms with E-state index in [4.69, 9.17) is 0 Å². The van der Waals surface area contributed by atoms with Crippen molar-refractivity contribution in [3.05, 3.63) is 185 Å². The van der Waals surface area contributed by atoms with Crippen LogP contribution in [0.15, 0.2) is 162 Å². The molecular weight excluding hydrogens is 625 g/mol. The summed E-state index contributed by atoms with van der Waals surface area (Å²) in [5.74, 6) is -0.541. The van der Waals surface area contributed by atoms with Crippen LogP contribution in [-0.2, 0) is 11.2 Å². The quantitative estimate of drug-likeness (QED) is 0.0874. The summed E-state index contributed by atoms with van der Waals surface area (Å²) in [6, 6.07) is 48.3. The number of anilines is 1. The zero-order chi connectivity index (χ0) is 33.6. The molecule has 5 nitrogen and oxygen atoms in total. The second kappa shape index (κ2) is 14.4. The fourth-order valence-electron chi connectivity index (χ4n) is 5.92. The van der Waals surface area contributed by atoms with Crippen molar-refractivity contribution in [2.45, 2.75) is 11.3 Å². The van der Waals surface area contributed by atoms with E-state index in [-0.39, 0.29) is 23.1 Å². The standard InChI is InChI=1S/C43H32N2O3S/c46-41(34-22-23-39-35(26-34)25-33-14-7-8-17-38(33)39)28-49-37-16-9-15-36(27-37)44-43(48)40(45-42(47)32-12-5-2-6-13-32)24-29-18-20-31(21-19-29)30-10-3-1-4-11-30/h1-24,26-27H,25,28H2,(H,44,48)(H,45,47)/b40-24-. The van der Waals surface area contributed by atoms with Crippen LogP contribution in [0.3, 0.4) is 0 Å². The van der Waals surface area contributed by atoms with Gasteiger partial charge in [0.15, 0.2) is 5.78 Å². The number of fused-ring (bicyclic) bond motifs is 3. The summed E-state index contributed by atoms with van der Waals surface area (Å²) in [5.41, 5.74) is 9.59. The zero-order valence-corrected chi connectivity index (χ0v) is 27.4. The van der Waals surface area contributed by atoms with Crippen molar-refractivity contribution in [3.63, 3.8) is 0 Å². The third-order valence-corrected chi connectivity index (χ3v) is 9.43. The lowest BCUT2D eigenvalue weighted by Crippen LogP contribution is -2.30. The number of thioether (sulfide) groups is 1. The highest BCUT2D eigenvalue weighted by Crippen LogP contribution is 2.37. The summed E-state index contributed by atoms with van der Waals surface area (Å²) in [6.07, 6.45) is 2.50. The number of hydrogen-bond donors (Lipinski definition) is 2. The van der Waals surface area contributed by atoms with Gasteiger partial charge in [-0.3, -0.25) is 14.4 Å². The van der Waals surface area contributed by atoms with Gasteiger partial charge in [-0.1, -0.05) is 115 Å². The average Bonchev–Trinajstić information content (AvgIpc) is 3.53. The maximum Gasteiger partial charge on any atom is 0.272 e. The molecule has 7 rings (SSSR count). The Bertz CT molecular complexity index is 2190. The smallest absolute Gasteiger partial charge is 0.272 e. The summed E-state index contributed by atoms with van der Waals surface area (Å²) < 4.78 is 0. The van der Waals surface area contributed by atoms with Crippen LogP contribution in [0.5, 0.6) is 0 Å². The Morgan fingerprint density at radius 2 is 1.31 bits per heavy atom. The minimum Gasteiger partial charge on any atom is -0.321 e. The van der Waals surface area contributed by atoms with Crippen molar-refractivity contribution in [2.24, 2.45) is 0 Å². The highest BCUT2D eigenvalue weighted by atomic mass is 32.2. The Morgan fingerprint density at radius 1 is 0.612 bits per heavy atom. The molecule has 0 heterocycles. The number of nitrogens with one attached hydrogen (secondary N) is 2. The van der Waals surface area contributed by atoms with Crippen LogP contribution < -0.4 is 10.6 Å². The summed E-state index contributed by atoms with van der Waals surface area (Å²) in [7, 11) is 0. The molecule has 0 bridgehead atoms. The molecule has 0 atom stereocenters. The van der Waals surface area contributed by atoms with Crippen LogP contribution in [0, 0.1) is 0 Å². The van der Waals surface area contributed by atoms with Crippen molar-refractivity contribution >= 4 is 41.1 Å². The second-order valence-electron chi connectivity index (χ2n) is 11.8. The number of benzene rings is 6. The van der Waals surface area contributed by atoms with Crippen LogP contribution in [0.4, 0.5) is 5.69 Å². The van der Waals surface area contributed by atoms with Crippen LogP contribution in [0.2, 0.25) is 0 Å². The van der Waals surface area contributed by atoms with Gasteiger partial charge in [0.2, 0.25) is 0 Å². The first-order valence-electron chi connectivity index (χ1n) is 16.0. The lowest BCUT2D eigenvalue weighted by atomic mass is 10.0. The van der Waals surface area contributed by atoms with Gasteiger partial charge in [-0.15, -0.1) is 11.8 Å². The SMILES string of the molecule is O=C(Nc1cccc(SCC(=O)c2ccc3c(c2)Cc2ccccc2-3)c1)/C(=C/c1ccc(-c2ccccc2)cc1)NC(=O)c1ccccc1. The number of hydrogen-bond acceptors (Lipinski definition) is 4. The van der Waals surface area contributed by atoms with Gasteiger partial charge in [-0.25, -0.2) is 0 Å². The van der Waals surface area contributed by atoms with Crippen LogP contribution in [0.25, 0.3) is 28.3 Å². The lowest BCUT2D eigenvalue weighted by molar-refractivity contribution is -0.113. The predicted octanol–water partition coefficient (Wildman–Crippen LogP) is 9.31. The van der Waals surface area contributed by atoms with Crippen molar-refractivity contribution < 1.29 is 14.4 Å². The zero-order valence-electron chi connectivity index (χ0n) is 26.6. The Hall–Kier alpha value is -5.98. The van der Waals surface area contributed by atoms with Crippen molar-refractivity contribution in [1.29, 1.82) is 0 Å². The van der Waals surface area contributed by atoms with Crippen molar-refractivity contribution in [3.8, 4) is 22.3 Å². The molecule has 6 aromatic carbocycles. The largest absolute Gasteiger partial charge is 0.321 e. The number of rotatable bonds is 10. The first-order valence-corrected chi connectivity index (χ1v) is 17.0. The monoisotopic (exact) mass is 656 g/mol. The van der Waals surface area contributed by atoms with E-state index >= 15 is 0 Å². The van der Waals surface area contributed by atoms with Crippen molar-refractivity contribution in [2.75, 3.05) is 11.1 Å². The summed E-state index contributed by atoms with van der Waals surface area (Å²) >= 11 is 1.42. The highest BCUT2D eigenvalue weighted by Gasteiger charge is 2.20. The van der Waals surface area contributed by atoms with E-state index < -0.39 is 5.91 Å². The minimum absolute atomic E-state index is 0.0466. The molecule has 0 radical (unpaired) electrons. The molecule has 0 fully saturated rings. The van der Waals surface area contributed by atoms with Gasteiger partial charge in [-0.2, -0.15) is 0 Å². The number of ketones is 1. The predicted molar refractivity (Wildman–Crippen MR) is 199 cm³/mol. The van der Waals surface area contributed by atoms with Gasteiger partial charge in [0.25, 0.3) is 11.8 Å². The summed E-state index contributed by atoms with van der Waals surface area (Å²) in [5, 5.41) is 5.74. The van der Waals surface area contributed by atoms with E-state index in [1.165, 1.54) is 34.0 Å². The molecule has 2 N–H and O–H groups in total. The maximum atomic E-state index is 13.7. The van der Waals surface area contributed by atoms with Gasteiger partial charge in [-0.05, 0) is 87.8 Å². The van der Waals surface area contributed by atoms with Crippen LogP contribution in [0.1, 0.15) is 37.4 Å². The molecular formula is C43H32N2O3S. The molecule has 0 spiro atoms. The number of carbonyl (C=O) groups is 3. The average molecular weight is 657 g/mol. The van der Waals surface area contributed by atoms with E-state index in [2.05, 4.69) is 28.8 Å². The molecule has 2 amide bonds. The van der Waals surface area contributed by atoms with E-state index in [0.29, 0.717) is 16.8 Å². The Labute approximate surface area is 289 Å². The molecule has 49 heavy (non-hydrogen) atoms. The fourth-order valence-corrected chi connectivity index (χ4v) is 6.77. The van der Waals surface area contributed by atoms with E-state index in [1.54, 1.807) is 36.4 Å². The molecule has 6 aromatic rings. The van der Waals surface area contributed by atoms with E-state index in [0.717, 1.165) is 28.0 Å². The van der Waals surface area contributed by atoms with Crippen LogP contribution in [-0.4, -0.2) is 23.4 Å². The van der Waals surface area contributed by atoms with Crippen molar-refractivity contribution in [1.82, 2.24) is 5.32 Å². The third-order valence-electron chi connectivity index (χ3n) is 8.44. The number of carbonyl (C=O) groups excluding carboxylic acids is 3. The Morgan fingerprint density at radius 3 is 2.10 bits per heavy atom. The van der Waals surface area contributed by atoms with E-state index in [1.807, 2.05) is 103 Å². The normalized spacial score (nSPS) is 11.7. The second-order valence-corrected chi connectivity index (χ2v) is 12.8. The highest BCUT2D eigenvalue weighted by molar-refractivity contribution is 8.00. The van der Waals surface area contributed by atoms with Gasteiger partial charge in [0.05, 0.1) is 5.75 Å². The summed E-state index contributed by atoms with van der Waals surface area (Å²) in [6.45, 7) is 0. The number of amides is 2. The molecule has 0 aliphatic heterocycles. The molecule has 1 aliphatic carbocycles. The minimum atomic E-state index is -0.464. The number of Topliss-reactive ketones (excluding diaryl/α,β-unsaturated/α-hetero) is 1. The molecule has 0 unspecified atom stereocenters. The molecule has 0 saturated carbocycles.